The normalized spacial score (nSPS) is 8.75. The van der Waals surface area contributed by atoms with Gasteiger partial charge < -0.3 is 11.1 Å². The maximum absolute atomic E-state index is 10.5. The predicted molar refractivity (Wildman–Crippen MR) is 32.1 cm³/mol. The average molecular weight is 116 g/mol. The summed E-state index contributed by atoms with van der Waals surface area (Å²) in [7, 11) is 0. The quantitative estimate of drug-likeness (QED) is 0.502. The van der Waals surface area contributed by atoms with E-state index >= 15 is 0 Å². The van der Waals surface area contributed by atoms with E-state index in [2.05, 4.69) is 5.32 Å². The number of nitrogens with two attached hydrogens (primary N) is 1. The van der Waals surface area contributed by atoms with Crippen LogP contribution in [-0.2, 0) is 4.79 Å². The topological polar surface area (TPSA) is 55.1 Å². The van der Waals surface area contributed by atoms with Gasteiger partial charge in [0.05, 0.1) is 6.67 Å². The van der Waals surface area contributed by atoms with Crippen molar-refractivity contribution in [2.24, 2.45) is 5.73 Å². The zero-order valence-corrected chi connectivity index (χ0v) is 5.11. The lowest BCUT2D eigenvalue weighted by molar-refractivity contribution is -0.121. The van der Waals surface area contributed by atoms with Gasteiger partial charge in [0.15, 0.2) is 0 Å². The van der Waals surface area contributed by atoms with Gasteiger partial charge in [0, 0.05) is 6.42 Å². The van der Waals surface area contributed by atoms with Gasteiger partial charge in [0.25, 0.3) is 0 Å². The summed E-state index contributed by atoms with van der Waals surface area (Å²) in [5.74, 6) is 0.0370. The minimum absolute atomic E-state index is 0.0370. The monoisotopic (exact) mass is 116 g/mol. The van der Waals surface area contributed by atoms with E-state index in [1.165, 1.54) is 0 Å². The number of hydrogen-bond acceptors (Lipinski definition) is 2. The van der Waals surface area contributed by atoms with E-state index in [0.29, 0.717) is 6.42 Å². The summed E-state index contributed by atoms with van der Waals surface area (Å²) in [6.07, 6.45) is 1.46. The largest absolute Gasteiger partial charge is 0.344 e. The molecule has 0 spiro atoms. The van der Waals surface area contributed by atoms with Crippen molar-refractivity contribution in [3.05, 3.63) is 0 Å². The van der Waals surface area contributed by atoms with Crippen molar-refractivity contribution in [3.8, 4) is 0 Å². The van der Waals surface area contributed by atoms with E-state index < -0.39 is 0 Å². The summed E-state index contributed by atoms with van der Waals surface area (Å²) in [5.41, 5.74) is 5.03. The summed E-state index contributed by atoms with van der Waals surface area (Å²) in [4.78, 5) is 10.5. The molecule has 0 aromatic heterocycles. The van der Waals surface area contributed by atoms with E-state index in [0.717, 1.165) is 6.42 Å². The van der Waals surface area contributed by atoms with Crippen molar-refractivity contribution in [1.82, 2.24) is 5.32 Å². The third-order valence-corrected chi connectivity index (χ3v) is 0.776. The standard InChI is InChI=1S/C5H12N2O/c1-2-3-5(8)7-4-6/h2-4,6H2,1H3,(H,7,8). The van der Waals surface area contributed by atoms with E-state index in [-0.39, 0.29) is 12.6 Å². The van der Waals surface area contributed by atoms with Gasteiger partial charge >= 0.3 is 0 Å². The van der Waals surface area contributed by atoms with Gasteiger partial charge in [-0.3, -0.25) is 4.79 Å². The number of carbonyl (C=O) groups is 1. The fourth-order valence-electron chi connectivity index (χ4n) is 0.429. The second-order valence-electron chi connectivity index (χ2n) is 1.55. The van der Waals surface area contributed by atoms with Crippen LogP contribution in [0.15, 0.2) is 0 Å². The molecule has 3 heteroatoms. The molecule has 1 amide bonds. The molecule has 0 saturated heterocycles. The molecule has 0 saturated carbocycles. The third kappa shape index (κ3) is 3.61. The predicted octanol–water partition coefficient (Wildman–Crippen LogP) is -0.181. The molecule has 0 aliphatic rings. The lowest BCUT2D eigenvalue weighted by Gasteiger charge is -1.96. The fourth-order valence-corrected chi connectivity index (χ4v) is 0.429. The lowest BCUT2D eigenvalue weighted by atomic mass is 10.3. The van der Waals surface area contributed by atoms with E-state index in [9.17, 15) is 4.79 Å². The Balaban J connectivity index is 3.06. The maximum Gasteiger partial charge on any atom is 0.220 e. The molecule has 0 aromatic rings. The highest BCUT2D eigenvalue weighted by Crippen LogP contribution is 1.82. The number of carbonyl (C=O) groups excluding carboxylic acids is 1. The zero-order valence-electron chi connectivity index (χ0n) is 5.11. The molecule has 3 N–H and O–H groups in total. The van der Waals surface area contributed by atoms with Crippen molar-refractivity contribution in [2.75, 3.05) is 6.67 Å². The van der Waals surface area contributed by atoms with Gasteiger partial charge in [-0.15, -0.1) is 0 Å². The molecule has 3 nitrogen and oxygen atoms in total. The van der Waals surface area contributed by atoms with Crippen molar-refractivity contribution in [3.63, 3.8) is 0 Å². The van der Waals surface area contributed by atoms with Crippen LogP contribution in [0.1, 0.15) is 19.8 Å². The molecule has 48 valence electrons. The van der Waals surface area contributed by atoms with E-state index in [4.69, 9.17) is 5.73 Å². The Bertz CT molecular complexity index is 64.8. The van der Waals surface area contributed by atoms with Crippen molar-refractivity contribution >= 4 is 5.91 Å². The molecular formula is C5H12N2O. The minimum Gasteiger partial charge on any atom is -0.344 e. The summed E-state index contributed by atoms with van der Waals surface area (Å²) in [5, 5.41) is 2.49. The average Bonchev–Trinajstić information content (AvgIpc) is 1.68. The Kier molecular flexibility index (Phi) is 4.26. The Labute approximate surface area is 49.3 Å². The van der Waals surface area contributed by atoms with Gasteiger partial charge in [0.1, 0.15) is 0 Å². The Morgan fingerprint density at radius 3 is 2.75 bits per heavy atom. The van der Waals surface area contributed by atoms with Crippen molar-refractivity contribution in [1.29, 1.82) is 0 Å². The summed E-state index contributed by atoms with van der Waals surface area (Å²) >= 11 is 0. The molecule has 0 aliphatic carbocycles. The van der Waals surface area contributed by atoms with Gasteiger partial charge in [-0.05, 0) is 6.42 Å². The number of amides is 1. The van der Waals surface area contributed by atoms with Gasteiger partial charge in [0.2, 0.25) is 5.91 Å². The van der Waals surface area contributed by atoms with Gasteiger partial charge in [-0.1, -0.05) is 6.92 Å². The fraction of sp³-hybridized carbons (Fsp3) is 0.800. The molecule has 0 unspecified atom stereocenters. The molecule has 8 heavy (non-hydrogen) atoms. The summed E-state index contributed by atoms with van der Waals surface area (Å²) in [6.45, 7) is 2.20. The van der Waals surface area contributed by atoms with Crippen LogP contribution >= 0.6 is 0 Å². The van der Waals surface area contributed by atoms with Crippen LogP contribution in [0.25, 0.3) is 0 Å². The number of hydrogen-bond donors (Lipinski definition) is 2. The first-order valence-corrected chi connectivity index (χ1v) is 2.78. The molecule has 0 aliphatic heterocycles. The molecule has 0 rings (SSSR count). The van der Waals surface area contributed by atoms with E-state index in [1.54, 1.807) is 0 Å². The van der Waals surface area contributed by atoms with Crippen LogP contribution in [0.2, 0.25) is 0 Å². The van der Waals surface area contributed by atoms with Crippen molar-refractivity contribution < 1.29 is 4.79 Å². The first-order valence-electron chi connectivity index (χ1n) is 2.78. The SMILES string of the molecule is CCCC(=O)NCN. The summed E-state index contributed by atoms with van der Waals surface area (Å²) in [6, 6.07) is 0. The molecule has 0 fully saturated rings. The highest BCUT2D eigenvalue weighted by molar-refractivity contribution is 5.75. The maximum atomic E-state index is 10.5. The van der Waals surface area contributed by atoms with Crippen LogP contribution in [0, 0.1) is 0 Å². The van der Waals surface area contributed by atoms with Crippen LogP contribution in [0.5, 0.6) is 0 Å². The summed E-state index contributed by atoms with van der Waals surface area (Å²) < 4.78 is 0. The second-order valence-corrected chi connectivity index (χ2v) is 1.55. The zero-order chi connectivity index (χ0) is 6.41. The Hall–Kier alpha value is -0.570. The highest BCUT2D eigenvalue weighted by Gasteiger charge is 1.92. The number of rotatable bonds is 3. The third-order valence-electron chi connectivity index (χ3n) is 0.776. The van der Waals surface area contributed by atoms with E-state index in [1.807, 2.05) is 6.92 Å². The molecule has 0 heterocycles. The van der Waals surface area contributed by atoms with Gasteiger partial charge in [-0.25, -0.2) is 0 Å². The first kappa shape index (κ1) is 7.43. The second kappa shape index (κ2) is 4.59. The molecule has 0 atom stereocenters. The van der Waals surface area contributed by atoms with Crippen LogP contribution < -0.4 is 11.1 Å². The number of nitrogens with one attached hydrogen (secondary N) is 1. The first-order chi connectivity index (χ1) is 3.81. The Morgan fingerprint density at radius 1 is 1.75 bits per heavy atom. The molecule has 0 bridgehead atoms. The highest BCUT2D eigenvalue weighted by atomic mass is 16.1. The van der Waals surface area contributed by atoms with Crippen molar-refractivity contribution in [2.45, 2.75) is 19.8 Å². The van der Waals surface area contributed by atoms with Crippen LogP contribution in [0.4, 0.5) is 0 Å². The van der Waals surface area contributed by atoms with Crippen LogP contribution in [0.3, 0.4) is 0 Å². The van der Waals surface area contributed by atoms with Crippen LogP contribution in [-0.4, -0.2) is 12.6 Å². The molecule has 0 radical (unpaired) electrons. The minimum atomic E-state index is 0.0370. The smallest absolute Gasteiger partial charge is 0.220 e. The lowest BCUT2D eigenvalue weighted by Crippen LogP contribution is -2.28. The molecule has 0 aromatic carbocycles. The Morgan fingerprint density at radius 2 is 2.38 bits per heavy atom. The molecular weight excluding hydrogens is 104 g/mol. The van der Waals surface area contributed by atoms with Gasteiger partial charge in [-0.2, -0.15) is 0 Å².